The van der Waals surface area contributed by atoms with Gasteiger partial charge in [-0.3, -0.25) is 4.79 Å². The molecule has 0 aromatic heterocycles. The summed E-state index contributed by atoms with van der Waals surface area (Å²) in [7, 11) is 1.42. The van der Waals surface area contributed by atoms with Gasteiger partial charge in [-0.15, -0.1) is 23.5 Å². The van der Waals surface area contributed by atoms with E-state index in [4.69, 9.17) is 4.74 Å². The van der Waals surface area contributed by atoms with Crippen LogP contribution in [0.25, 0.3) is 0 Å². The first-order chi connectivity index (χ1) is 11.7. The fraction of sp³-hybridized carbons (Fsp3) is 0.667. The number of benzene rings is 1. The molecule has 5 heteroatoms. The molecule has 0 heterocycles. The van der Waals surface area contributed by atoms with Crippen molar-refractivity contribution in [1.29, 1.82) is 0 Å². The van der Waals surface area contributed by atoms with E-state index in [1.807, 2.05) is 0 Å². The van der Waals surface area contributed by atoms with Gasteiger partial charge >= 0.3 is 5.97 Å². The highest BCUT2D eigenvalue weighted by Crippen LogP contribution is 2.44. The Morgan fingerprint density at radius 2 is 1.46 bits per heavy atom. The molecule has 0 aliphatic rings. The Morgan fingerprint density at radius 1 is 1.00 bits per heavy atom. The highest BCUT2D eigenvalue weighted by molar-refractivity contribution is 8.04. The molecule has 26 heavy (non-hydrogen) atoms. The number of hydrogen-bond acceptors (Lipinski definition) is 5. The van der Waals surface area contributed by atoms with Crippen LogP contribution in [0.4, 0.5) is 0 Å². The van der Waals surface area contributed by atoms with Gasteiger partial charge in [0.15, 0.2) is 0 Å². The van der Waals surface area contributed by atoms with Gasteiger partial charge in [0.05, 0.1) is 12.9 Å². The zero-order valence-corrected chi connectivity index (χ0v) is 19.3. The Kier molecular flexibility index (Phi) is 7.57. The van der Waals surface area contributed by atoms with E-state index < -0.39 is 0 Å². The monoisotopic (exact) mass is 398 g/mol. The highest BCUT2D eigenvalue weighted by Gasteiger charge is 2.28. The number of phenols is 1. The minimum absolute atomic E-state index is 0.0417. The maximum Gasteiger partial charge on any atom is 0.315 e. The number of carbonyl (C=O) groups excluding carboxylic acids is 1. The van der Waals surface area contributed by atoms with E-state index in [1.54, 1.807) is 23.5 Å². The summed E-state index contributed by atoms with van der Waals surface area (Å²) < 4.78 is 4.67. The molecule has 3 nitrogen and oxygen atoms in total. The van der Waals surface area contributed by atoms with Crippen molar-refractivity contribution in [2.75, 3.05) is 18.6 Å². The molecule has 0 amide bonds. The highest BCUT2D eigenvalue weighted by atomic mass is 32.2. The van der Waals surface area contributed by atoms with Crippen LogP contribution in [0.15, 0.2) is 17.0 Å². The van der Waals surface area contributed by atoms with E-state index in [-0.39, 0.29) is 21.5 Å². The van der Waals surface area contributed by atoms with Crippen LogP contribution >= 0.6 is 23.5 Å². The average Bonchev–Trinajstić information content (AvgIpc) is 2.45. The van der Waals surface area contributed by atoms with Crippen molar-refractivity contribution in [3.05, 3.63) is 23.3 Å². The van der Waals surface area contributed by atoms with Gasteiger partial charge in [0.1, 0.15) is 5.75 Å². The van der Waals surface area contributed by atoms with Crippen LogP contribution in [0.1, 0.15) is 66.5 Å². The summed E-state index contributed by atoms with van der Waals surface area (Å²) in [6.45, 7) is 17.1. The fourth-order valence-electron chi connectivity index (χ4n) is 2.60. The van der Waals surface area contributed by atoms with Gasteiger partial charge in [-0.25, -0.2) is 0 Å². The molecule has 0 aliphatic carbocycles. The van der Waals surface area contributed by atoms with Gasteiger partial charge in [-0.2, -0.15) is 0 Å². The molecule has 1 aromatic carbocycles. The van der Waals surface area contributed by atoms with E-state index in [1.165, 1.54) is 7.11 Å². The number of phenolic OH excluding ortho intramolecular Hbond substituents is 1. The van der Waals surface area contributed by atoms with Gasteiger partial charge in [-0.05, 0) is 36.8 Å². The SMILES string of the molecule is COC(=O)CSCC(C)(C)Sc1cc(C(C)(C)C)c(O)c(C(C)(C)C)c1. The molecule has 1 N–H and O–H groups in total. The third kappa shape index (κ3) is 6.73. The van der Waals surface area contributed by atoms with Gasteiger partial charge in [0.25, 0.3) is 0 Å². The van der Waals surface area contributed by atoms with Crippen molar-refractivity contribution in [2.24, 2.45) is 0 Å². The lowest BCUT2D eigenvalue weighted by Crippen LogP contribution is -2.21. The lowest BCUT2D eigenvalue weighted by atomic mass is 9.79. The van der Waals surface area contributed by atoms with E-state index in [0.717, 1.165) is 21.8 Å². The van der Waals surface area contributed by atoms with Crippen LogP contribution < -0.4 is 0 Å². The zero-order chi connectivity index (χ0) is 20.3. The van der Waals surface area contributed by atoms with Crippen molar-refractivity contribution in [3.8, 4) is 5.75 Å². The van der Waals surface area contributed by atoms with E-state index in [9.17, 15) is 9.90 Å². The maximum atomic E-state index is 11.3. The first-order valence-electron chi connectivity index (χ1n) is 8.89. The van der Waals surface area contributed by atoms with Crippen molar-refractivity contribution < 1.29 is 14.6 Å². The first-order valence-corrected chi connectivity index (χ1v) is 10.9. The number of ether oxygens (including phenoxy) is 1. The second-order valence-electron chi connectivity index (χ2n) is 9.30. The Bertz CT molecular complexity index is 603. The smallest absolute Gasteiger partial charge is 0.315 e. The maximum absolute atomic E-state index is 11.3. The van der Waals surface area contributed by atoms with Crippen LogP contribution in [-0.2, 0) is 20.4 Å². The predicted octanol–water partition coefficient (Wildman–Crippen LogP) is 5.76. The molecule has 0 atom stereocenters. The number of esters is 1. The van der Waals surface area contributed by atoms with Gasteiger partial charge in [0, 0.05) is 26.5 Å². The third-order valence-corrected chi connectivity index (χ3v) is 6.71. The molecular weight excluding hydrogens is 364 g/mol. The molecule has 1 aromatic rings. The molecule has 0 fully saturated rings. The molecule has 1 rings (SSSR count). The summed E-state index contributed by atoms with van der Waals surface area (Å²) in [5, 5.41) is 10.8. The van der Waals surface area contributed by atoms with Crippen LogP contribution in [0, 0.1) is 0 Å². The number of methoxy groups -OCH3 is 1. The zero-order valence-electron chi connectivity index (χ0n) is 17.6. The Balaban J connectivity index is 3.14. The second-order valence-corrected chi connectivity index (χ2v) is 12.1. The molecule has 0 spiro atoms. The second kappa shape index (κ2) is 8.47. The quantitative estimate of drug-likeness (QED) is 0.487. The third-order valence-electron chi connectivity index (χ3n) is 3.99. The standard InChI is InChI=1S/C21H34O3S2/c1-19(2,3)15-10-14(11-16(18(15)23)20(4,5)6)26-21(7,8)13-25-12-17(22)24-9/h10-11,23H,12-13H2,1-9H3. The molecule has 0 radical (unpaired) electrons. The van der Waals surface area contributed by atoms with Crippen molar-refractivity contribution in [2.45, 2.75) is 75.9 Å². The normalized spacial score (nSPS) is 13.0. The minimum atomic E-state index is -0.189. The van der Waals surface area contributed by atoms with E-state index >= 15 is 0 Å². The lowest BCUT2D eigenvalue weighted by molar-refractivity contribution is -0.137. The molecule has 0 bridgehead atoms. The van der Waals surface area contributed by atoms with Gasteiger partial charge < -0.3 is 9.84 Å². The average molecular weight is 399 g/mol. The van der Waals surface area contributed by atoms with Crippen molar-refractivity contribution in [3.63, 3.8) is 0 Å². The number of rotatable bonds is 6. The van der Waals surface area contributed by atoms with Crippen molar-refractivity contribution >= 4 is 29.5 Å². The van der Waals surface area contributed by atoms with Gasteiger partial charge in [-0.1, -0.05) is 41.5 Å². The summed E-state index contributed by atoms with van der Waals surface area (Å²) in [5.41, 5.74) is 1.69. The minimum Gasteiger partial charge on any atom is -0.507 e. The molecular formula is C21H34O3S2. The largest absolute Gasteiger partial charge is 0.507 e. The summed E-state index contributed by atoms with van der Waals surface area (Å²) in [6, 6.07) is 4.23. The van der Waals surface area contributed by atoms with E-state index in [0.29, 0.717) is 11.5 Å². The summed E-state index contributed by atoms with van der Waals surface area (Å²) in [4.78, 5) is 12.5. The number of carbonyl (C=O) groups is 1. The van der Waals surface area contributed by atoms with Crippen LogP contribution in [0.2, 0.25) is 0 Å². The lowest BCUT2D eigenvalue weighted by Gasteiger charge is -2.30. The Hall–Kier alpha value is -0.810. The van der Waals surface area contributed by atoms with Gasteiger partial charge in [0.2, 0.25) is 0 Å². The number of thioether (sulfide) groups is 2. The van der Waals surface area contributed by atoms with Crippen LogP contribution in [-0.4, -0.2) is 34.4 Å². The summed E-state index contributed by atoms with van der Waals surface area (Å²) in [5.74, 6) is 1.43. The molecule has 0 saturated carbocycles. The number of aromatic hydroxyl groups is 1. The summed E-state index contributed by atoms with van der Waals surface area (Å²) >= 11 is 3.38. The van der Waals surface area contributed by atoms with Crippen LogP contribution in [0.3, 0.4) is 0 Å². The van der Waals surface area contributed by atoms with Crippen molar-refractivity contribution in [1.82, 2.24) is 0 Å². The molecule has 0 saturated heterocycles. The van der Waals surface area contributed by atoms with E-state index in [2.05, 4.69) is 67.5 Å². The fourth-order valence-corrected chi connectivity index (χ4v) is 4.95. The molecule has 0 aliphatic heterocycles. The Morgan fingerprint density at radius 3 is 1.85 bits per heavy atom. The first kappa shape index (κ1) is 23.2. The predicted molar refractivity (Wildman–Crippen MR) is 115 cm³/mol. The summed E-state index contributed by atoms with van der Waals surface area (Å²) in [6.07, 6.45) is 0. The molecule has 148 valence electrons. The Labute approximate surface area is 167 Å². The number of hydrogen-bond donors (Lipinski definition) is 1. The molecule has 0 unspecified atom stereocenters. The topological polar surface area (TPSA) is 46.5 Å². The van der Waals surface area contributed by atoms with Crippen LogP contribution in [0.5, 0.6) is 5.75 Å².